The molecule has 3 unspecified atom stereocenters. The lowest BCUT2D eigenvalue weighted by molar-refractivity contribution is -0.233. The molecule has 2 aromatic carbocycles. The monoisotopic (exact) mass is 484 g/mol. The van der Waals surface area contributed by atoms with Crippen LogP contribution in [-0.2, 0) is 40.8 Å². The second-order valence-electron chi connectivity index (χ2n) is 6.60. The summed E-state index contributed by atoms with van der Waals surface area (Å²) < 4.78 is 133. The van der Waals surface area contributed by atoms with Gasteiger partial charge in [-0.2, -0.15) is 34.8 Å². The van der Waals surface area contributed by atoms with Crippen LogP contribution < -0.4 is 0 Å². The predicted octanol–water partition coefficient (Wildman–Crippen LogP) is 4.17. The van der Waals surface area contributed by atoms with Crippen molar-refractivity contribution in [3.05, 3.63) is 81.6 Å². The Morgan fingerprint density at radius 1 is 0.742 bits per heavy atom. The molecule has 13 heteroatoms. The molecule has 2 aliphatic heterocycles. The summed E-state index contributed by atoms with van der Waals surface area (Å²) in [6.45, 7) is 0. The summed E-state index contributed by atoms with van der Waals surface area (Å²) in [7, 11) is -5.71. The molecule has 0 fully saturated rings. The number of rotatable bonds is 2. The van der Waals surface area contributed by atoms with Gasteiger partial charge in [0.1, 0.15) is 9.81 Å². The van der Waals surface area contributed by atoms with Crippen LogP contribution in [0.15, 0.2) is 70.5 Å². The SMILES string of the molecule is O=S1OC(c2ccccc2)(C(F)(F)F)C2=C1C(c1ccccc1)(C(F)(F)F)OS2(=O)=O. The van der Waals surface area contributed by atoms with Gasteiger partial charge in [0.05, 0.1) is 0 Å². The second-order valence-corrected chi connectivity index (χ2v) is 9.13. The summed E-state index contributed by atoms with van der Waals surface area (Å²) in [5.41, 5.74) is -9.62. The Kier molecular flexibility index (Phi) is 4.71. The molecule has 3 atom stereocenters. The van der Waals surface area contributed by atoms with E-state index in [2.05, 4.69) is 8.37 Å². The van der Waals surface area contributed by atoms with Crippen molar-refractivity contribution in [2.45, 2.75) is 23.6 Å². The van der Waals surface area contributed by atoms with Gasteiger partial charge in [0, 0.05) is 0 Å². The highest BCUT2D eigenvalue weighted by atomic mass is 32.2. The highest BCUT2D eigenvalue weighted by Gasteiger charge is 2.79. The average Bonchev–Trinajstić information content (AvgIpc) is 3.15. The lowest BCUT2D eigenvalue weighted by Gasteiger charge is -2.33. The number of benzene rings is 2. The van der Waals surface area contributed by atoms with E-state index in [1.54, 1.807) is 0 Å². The molecule has 2 aliphatic rings. The molecule has 0 spiro atoms. The molecule has 0 bridgehead atoms. The lowest BCUT2D eigenvalue weighted by Crippen LogP contribution is -2.48. The van der Waals surface area contributed by atoms with Crippen molar-refractivity contribution in [3.63, 3.8) is 0 Å². The van der Waals surface area contributed by atoms with E-state index in [0.717, 1.165) is 48.5 Å². The summed E-state index contributed by atoms with van der Waals surface area (Å²) in [4.78, 5) is -3.54. The van der Waals surface area contributed by atoms with Gasteiger partial charge in [0.25, 0.3) is 10.1 Å². The average molecular weight is 484 g/mol. The molecule has 31 heavy (non-hydrogen) atoms. The largest absolute Gasteiger partial charge is 0.428 e. The topological polar surface area (TPSA) is 69.7 Å². The Hall–Kier alpha value is -2.22. The van der Waals surface area contributed by atoms with Gasteiger partial charge >= 0.3 is 12.4 Å². The summed E-state index contributed by atoms with van der Waals surface area (Å²) in [6.07, 6.45) is -11.2. The van der Waals surface area contributed by atoms with Gasteiger partial charge in [-0.3, -0.25) is 4.18 Å². The summed E-state index contributed by atoms with van der Waals surface area (Å²) >= 11 is -3.47. The van der Waals surface area contributed by atoms with Crippen molar-refractivity contribution in [1.82, 2.24) is 0 Å². The minimum Gasteiger partial charge on any atom is -0.260 e. The van der Waals surface area contributed by atoms with Crippen molar-refractivity contribution in [2.75, 3.05) is 0 Å². The van der Waals surface area contributed by atoms with Crippen LogP contribution in [-0.4, -0.2) is 25.0 Å². The first-order valence-corrected chi connectivity index (χ1v) is 10.8. The molecule has 0 aromatic heterocycles. The van der Waals surface area contributed by atoms with E-state index in [9.17, 15) is 39.0 Å². The molecule has 0 radical (unpaired) electrons. The standard InChI is InChI=1S/C18H10F6O5S2/c19-17(20,21)15(11-7-3-1-4-8-11)13-14(31(26,27)29-15)16(18(22,23)24,28-30(13)25)12-9-5-2-6-10-12/h1-10H. The maximum Gasteiger partial charge on any atom is 0.428 e. The van der Waals surface area contributed by atoms with E-state index in [0.29, 0.717) is 0 Å². The van der Waals surface area contributed by atoms with Gasteiger partial charge in [-0.25, -0.2) is 8.39 Å². The number of hydrogen-bond donors (Lipinski definition) is 0. The second kappa shape index (κ2) is 6.64. The summed E-state index contributed by atoms with van der Waals surface area (Å²) in [6, 6.07) is 10.3. The maximum absolute atomic E-state index is 14.3. The van der Waals surface area contributed by atoms with Crippen molar-refractivity contribution >= 4 is 21.2 Å². The Morgan fingerprint density at radius 3 is 1.58 bits per heavy atom. The van der Waals surface area contributed by atoms with Crippen molar-refractivity contribution in [1.29, 1.82) is 0 Å². The molecule has 0 aliphatic carbocycles. The quantitative estimate of drug-likeness (QED) is 0.473. The van der Waals surface area contributed by atoms with Crippen molar-refractivity contribution < 1.29 is 47.3 Å². The van der Waals surface area contributed by atoms with Gasteiger partial charge in [-0.05, 0) is 11.1 Å². The molecule has 0 saturated heterocycles. The third kappa shape index (κ3) is 2.83. The molecule has 2 heterocycles. The smallest absolute Gasteiger partial charge is 0.260 e. The van der Waals surface area contributed by atoms with E-state index >= 15 is 0 Å². The molecule has 4 rings (SSSR count). The molecule has 0 amide bonds. The van der Waals surface area contributed by atoms with Gasteiger partial charge in [-0.15, -0.1) is 0 Å². The molecule has 0 N–H and O–H groups in total. The Bertz CT molecular complexity index is 1140. The predicted molar refractivity (Wildman–Crippen MR) is 94.6 cm³/mol. The zero-order valence-electron chi connectivity index (χ0n) is 14.9. The van der Waals surface area contributed by atoms with Gasteiger partial charge in [-0.1, -0.05) is 60.7 Å². The fourth-order valence-corrected chi connectivity index (χ4v) is 7.31. The first kappa shape index (κ1) is 22.0. The molecule has 5 nitrogen and oxygen atoms in total. The summed E-state index contributed by atoms with van der Waals surface area (Å²) in [5, 5.41) is 0. The first-order valence-electron chi connectivity index (χ1n) is 8.36. The number of halogens is 6. The molecular weight excluding hydrogens is 474 g/mol. The van der Waals surface area contributed by atoms with Crippen LogP contribution in [0.25, 0.3) is 0 Å². The maximum atomic E-state index is 14.3. The Balaban J connectivity index is 2.18. The minimum atomic E-state index is -5.71. The normalized spacial score (nSPS) is 30.5. The molecule has 0 saturated carbocycles. The van der Waals surface area contributed by atoms with E-state index < -0.39 is 65.7 Å². The number of alkyl halides is 6. The zero-order valence-corrected chi connectivity index (χ0v) is 16.5. The van der Waals surface area contributed by atoms with Crippen LogP contribution in [0, 0.1) is 0 Å². The van der Waals surface area contributed by atoms with Crippen LogP contribution in [0.4, 0.5) is 26.3 Å². The Labute approximate surface area is 174 Å². The van der Waals surface area contributed by atoms with Crippen LogP contribution >= 0.6 is 0 Å². The zero-order chi connectivity index (χ0) is 22.9. The fraction of sp³-hybridized carbons (Fsp3) is 0.222. The van der Waals surface area contributed by atoms with Gasteiger partial charge in [0.2, 0.25) is 11.2 Å². The van der Waals surface area contributed by atoms with Crippen molar-refractivity contribution in [2.24, 2.45) is 0 Å². The van der Waals surface area contributed by atoms with Gasteiger partial charge < -0.3 is 0 Å². The first-order chi connectivity index (χ1) is 14.3. The molecular formula is C18H10F6O5S2. The molecule has 2 aromatic rings. The van der Waals surface area contributed by atoms with E-state index in [4.69, 9.17) is 0 Å². The van der Waals surface area contributed by atoms with Crippen LogP contribution in [0.5, 0.6) is 0 Å². The minimum absolute atomic E-state index is 0.812. The highest BCUT2D eigenvalue weighted by molar-refractivity contribution is 7.94. The van der Waals surface area contributed by atoms with Crippen molar-refractivity contribution in [3.8, 4) is 0 Å². The Morgan fingerprint density at radius 2 is 1.16 bits per heavy atom. The third-order valence-corrected chi connectivity index (χ3v) is 7.67. The number of hydrogen-bond acceptors (Lipinski definition) is 5. The fourth-order valence-electron chi connectivity index (χ4n) is 3.62. The van der Waals surface area contributed by atoms with E-state index in [1.165, 1.54) is 12.1 Å². The molecule has 166 valence electrons. The van der Waals surface area contributed by atoms with Crippen LogP contribution in [0.2, 0.25) is 0 Å². The third-order valence-electron chi connectivity index (χ3n) is 4.86. The van der Waals surface area contributed by atoms with E-state index in [1.807, 2.05) is 0 Å². The lowest BCUT2D eigenvalue weighted by atomic mass is 9.86. The van der Waals surface area contributed by atoms with Crippen LogP contribution in [0.3, 0.4) is 0 Å². The summed E-state index contributed by atoms with van der Waals surface area (Å²) in [5.74, 6) is 0. The van der Waals surface area contributed by atoms with E-state index in [-0.39, 0.29) is 0 Å². The van der Waals surface area contributed by atoms with Gasteiger partial charge in [0.15, 0.2) is 11.1 Å². The van der Waals surface area contributed by atoms with Crippen LogP contribution in [0.1, 0.15) is 11.1 Å². The highest BCUT2D eigenvalue weighted by Crippen LogP contribution is 2.65.